The fourth-order valence-electron chi connectivity index (χ4n) is 4.62. The molecule has 0 saturated carbocycles. The van der Waals surface area contributed by atoms with Crippen molar-refractivity contribution in [3.63, 3.8) is 0 Å². The third-order valence-corrected chi connectivity index (χ3v) is 7.06. The summed E-state index contributed by atoms with van der Waals surface area (Å²) in [7, 11) is 0. The molecule has 1 saturated heterocycles. The van der Waals surface area contributed by atoms with E-state index in [0.717, 1.165) is 65.6 Å². The molecule has 2 aromatic heterocycles. The van der Waals surface area contributed by atoms with Crippen LogP contribution in [0, 0.1) is 12.8 Å². The van der Waals surface area contributed by atoms with Crippen molar-refractivity contribution in [2.45, 2.75) is 46.1 Å². The summed E-state index contributed by atoms with van der Waals surface area (Å²) < 4.78 is 6.51. The number of ether oxygens (including phenoxy) is 1. The number of amides is 1. The molecule has 3 N–H and O–H groups in total. The third kappa shape index (κ3) is 5.60. The first-order valence-electron chi connectivity index (χ1n) is 13.3. The molecule has 1 aliphatic heterocycles. The fraction of sp³-hybridized carbons (Fsp3) is 0.333. The van der Waals surface area contributed by atoms with Crippen LogP contribution in [0.15, 0.2) is 60.9 Å². The maximum Gasteiger partial charge on any atom is 0.228 e. The predicted molar refractivity (Wildman–Crippen MR) is 152 cm³/mol. The van der Waals surface area contributed by atoms with Crippen LogP contribution in [0.3, 0.4) is 0 Å². The zero-order chi connectivity index (χ0) is 26.5. The van der Waals surface area contributed by atoms with Crippen LogP contribution in [0.25, 0.3) is 22.0 Å². The van der Waals surface area contributed by atoms with Gasteiger partial charge >= 0.3 is 0 Å². The van der Waals surface area contributed by atoms with Gasteiger partial charge in [-0.25, -0.2) is 15.0 Å². The molecule has 1 amide bonds. The van der Waals surface area contributed by atoms with Crippen molar-refractivity contribution in [1.29, 1.82) is 0 Å². The summed E-state index contributed by atoms with van der Waals surface area (Å²) in [6.07, 6.45) is 6.47. The highest BCUT2D eigenvalue weighted by atomic mass is 16.5. The van der Waals surface area contributed by atoms with E-state index in [9.17, 15) is 4.79 Å². The van der Waals surface area contributed by atoms with E-state index in [1.165, 1.54) is 0 Å². The Morgan fingerprint density at radius 2 is 2.00 bits per heavy atom. The van der Waals surface area contributed by atoms with Crippen molar-refractivity contribution in [1.82, 2.24) is 20.3 Å². The van der Waals surface area contributed by atoms with Gasteiger partial charge in [0.15, 0.2) is 0 Å². The minimum atomic E-state index is -0.0656. The van der Waals surface area contributed by atoms with Crippen LogP contribution in [0.1, 0.15) is 38.7 Å². The molecule has 0 aliphatic carbocycles. The van der Waals surface area contributed by atoms with E-state index < -0.39 is 0 Å². The molecule has 8 nitrogen and oxygen atoms in total. The lowest BCUT2D eigenvalue weighted by Crippen LogP contribution is -2.38. The molecular formula is C30H34N6O2. The summed E-state index contributed by atoms with van der Waals surface area (Å²) in [6, 6.07) is 15.9. The van der Waals surface area contributed by atoms with Crippen LogP contribution in [0.4, 0.5) is 11.6 Å². The van der Waals surface area contributed by atoms with E-state index in [0.29, 0.717) is 23.6 Å². The quantitative estimate of drug-likeness (QED) is 0.270. The first kappa shape index (κ1) is 25.6. The largest absolute Gasteiger partial charge is 0.437 e. The van der Waals surface area contributed by atoms with Crippen molar-refractivity contribution in [3.05, 3.63) is 66.5 Å². The molecule has 0 unspecified atom stereocenters. The molecular weight excluding hydrogens is 476 g/mol. The third-order valence-electron chi connectivity index (χ3n) is 7.06. The molecule has 8 heteroatoms. The van der Waals surface area contributed by atoms with Crippen molar-refractivity contribution < 1.29 is 9.53 Å². The second kappa shape index (κ2) is 11.6. The summed E-state index contributed by atoms with van der Waals surface area (Å²) in [6.45, 7) is 7.90. The Morgan fingerprint density at radius 1 is 1.11 bits per heavy atom. The van der Waals surface area contributed by atoms with Crippen LogP contribution in [-0.2, 0) is 4.79 Å². The number of carbonyl (C=O) groups is 1. The number of fused-ring (bicyclic) bond motifs is 1. The first-order valence-corrected chi connectivity index (χ1v) is 13.3. The van der Waals surface area contributed by atoms with E-state index in [2.05, 4.69) is 25.9 Å². The number of nitrogens with one attached hydrogen (secondary N) is 3. The molecule has 0 spiro atoms. The normalized spacial score (nSPS) is 16.1. The van der Waals surface area contributed by atoms with Crippen LogP contribution < -0.4 is 20.7 Å². The van der Waals surface area contributed by atoms with E-state index in [-0.39, 0.29) is 11.8 Å². The van der Waals surface area contributed by atoms with Gasteiger partial charge in [0.05, 0.1) is 11.3 Å². The molecule has 3 heterocycles. The minimum Gasteiger partial charge on any atom is -0.437 e. The Bertz CT molecular complexity index is 1430. The molecule has 1 aliphatic rings. The van der Waals surface area contributed by atoms with E-state index in [1.54, 1.807) is 12.4 Å². The summed E-state index contributed by atoms with van der Waals surface area (Å²) in [5.41, 5.74) is 3.24. The van der Waals surface area contributed by atoms with Crippen LogP contribution in [0.5, 0.6) is 11.6 Å². The molecule has 196 valence electrons. The first-order chi connectivity index (χ1) is 18.5. The molecule has 38 heavy (non-hydrogen) atoms. The zero-order valence-electron chi connectivity index (χ0n) is 22.1. The van der Waals surface area contributed by atoms with Crippen molar-refractivity contribution in [2.75, 3.05) is 23.7 Å². The number of piperidine rings is 1. The Morgan fingerprint density at radius 3 is 2.82 bits per heavy atom. The number of rotatable bonds is 8. The fourth-order valence-corrected chi connectivity index (χ4v) is 4.62. The highest BCUT2D eigenvalue weighted by molar-refractivity contribution is 6.05. The van der Waals surface area contributed by atoms with E-state index >= 15 is 0 Å². The lowest BCUT2D eigenvalue weighted by molar-refractivity contribution is -0.119. The second-order valence-electron chi connectivity index (χ2n) is 9.82. The van der Waals surface area contributed by atoms with Gasteiger partial charge in [-0.3, -0.25) is 4.79 Å². The van der Waals surface area contributed by atoms with Crippen molar-refractivity contribution >= 4 is 28.3 Å². The number of carbonyl (C=O) groups excluding carboxylic acids is 1. The van der Waals surface area contributed by atoms with Gasteiger partial charge in [0.2, 0.25) is 17.7 Å². The Balaban J connectivity index is 1.47. The lowest BCUT2D eigenvalue weighted by Gasteiger charge is -2.23. The second-order valence-corrected chi connectivity index (χ2v) is 9.82. The topological polar surface area (TPSA) is 101 Å². The summed E-state index contributed by atoms with van der Waals surface area (Å²) in [5.74, 6) is 1.69. The number of hydrogen-bond donors (Lipinski definition) is 3. The molecule has 0 radical (unpaired) electrons. The number of pyridine rings is 1. The summed E-state index contributed by atoms with van der Waals surface area (Å²) >= 11 is 0. The van der Waals surface area contributed by atoms with Gasteiger partial charge in [0.25, 0.3) is 0 Å². The number of hydrogen-bond acceptors (Lipinski definition) is 7. The number of aromatic nitrogens is 3. The van der Waals surface area contributed by atoms with Crippen molar-refractivity contribution in [2.24, 2.45) is 5.92 Å². The van der Waals surface area contributed by atoms with Gasteiger partial charge < -0.3 is 20.7 Å². The highest BCUT2D eigenvalue weighted by Gasteiger charge is 2.18. The van der Waals surface area contributed by atoms with Gasteiger partial charge in [-0.2, -0.15) is 0 Å². The van der Waals surface area contributed by atoms with Crippen LogP contribution in [-0.4, -0.2) is 40.0 Å². The Labute approximate surface area is 223 Å². The van der Waals surface area contributed by atoms with Crippen LogP contribution >= 0.6 is 0 Å². The summed E-state index contributed by atoms with van der Waals surface area (Å²) in [4.78, 5) is 26.4. The average molecular weight is 511 g/mol. The number of benzene rings is 2. The lowest BCUT2D eigenvalue weighted by atomic mass is 10.0. The molecule has 2 atom stereocenters. The number of aryl methyl sites for hydroxylation is 1. The maximum absolute atomic E-state index is 12.6. The Hall–Kier alpha value is -4.04. The van der Waals surface area contributed by atoms with Gasteiger partial charge in [0.1, 0.15) is 5.75 Å². The highest BCUT2D eigenvalue weighted by Crippen LogP contribution is 2.38. The SMILES string of the molecule is CC[C@H](C)C(=O)Nc1cccc2c(Oc3ncccc3-c3ccnc(N[C@H]4CCCNC4)n3)c(C)ccc12. The number of nitrogens with zero attached hydrogens (tertiary/aromatic N) is 3. The maximum atomic E-state index is 12.6. The molecule has 2 aromatic carbocycles. The predicted octanol–water partition coefficient (Wildman–Crippen LogP) is 5.94. The minimum absolute atomic E-state index is 0.00670. The molecule has 0 bridgehead atoms. The van der Waals surface area contributed by atoms with Crippen molar-refractivity contribution in [3.8, 4) is 22.9 Å². The Kier molecular flexibility index (Phi) is 7.79. The molecule has 1 fully saturated rings. The van der Waals surface area contributed by atoms with Gasteiger partial charge in [-0.05, 0) is 62.6 Å². The van der Waals surface area contributed by atoms with Crippen LogP contribution in [0.2, 0.25) is 0 Å². The van der Waals surface area contributed by atoms with E-state index in [1.807, 2.05) is 69.3 Å². The summed E-state index contributed by atoms with van der Waals surface area (Å²) in [5, 5.41) is 11.8. The molecule has 5 rings (SSSR count). The smallest absolute Gasteiger partial charge is 0.228 e. The van der Waals surface area contributed by atoms with Gasteiger partial charge in [-0.1, -0.05) is 38.1 Å². The monoisotopic (exact) mass is 510 g/mol. The zero-order valence-corrected chi connectivity index (χ0v) is 22.1. The van der Waals surface area contributed by atoms with Gasteiger partial charge in [0, 0.05) is 47.4 Å². The molecule has 4 aromatic rings. The number of anilines is 2. The average Bonchev–Trinajstić information content (AvgIpc) is 2.95. The van der Waals surface area contributed by atoms with Gasteiger partial charge in [-0.15, -0.1) is 0 Å². The standard InChI is InChI=1S/C30H34N6O2/c1-4-19(2)28(37)35-25-11-5-9-23-22(25)13-12-20(3)27(23)38-29-24(10-7-16-32-29)26-14-17-33-30(36-26)34-21-8-6-15-31-18-21/h5,7,9-14,16-17,19,21,31H,4,6,8,15,18H2,1-3H3,(H,35,37)(H,33,34,36)/t19-,21-/m0/s1. The van der Waals surface area contributed by atoms with E-state index in [4.69, 9.17) is 9.72 Å².